The Morgan fingerprint density at radius 3 is 2.37 bits per heavy atom. The minimum absolute atomic E-state index is 0.00895. The molecule has 4 nitrogen and oxygen atoms in total. The maximum absolute atomic E-state index is 12.4. The van der Waals surface area contributed by atoms with Gasteiger partial charge < -0.3 is 14.8 Å². The fraction of sp³-hybridized carbons (Fsp3) is 0.435. The van der Waals surface area contributed by atoms with E-state index in [4.69, 9.17) is 9.47 Å². The van der Waals surface area contributed by atoms with Crippen molar-refractivity contribution in [2.45, 2.75) is 52.6 Å². The zero-order valence-electron chi connectivity index (χ0n) is 17.0. The highest BCUT2D eigenvalue weighted by atomic mass is 16.5. The molecule has 2 rings (SSSR count). The van der Waals surface area contributed by atoms with Gasteiger partial charge in [-0.05, 0) is 42.5 Å². The quantitative estimate of drug-likeness (QED) is 0.689. The molecular weight excluding hydrogens is 338 g/mol. The molecule has 1 atom stereocenters. The molecule has 146 valence electrons. The summed E-state index contributed by atoms with van der Waals surface area (Å²) in [6.07, 6.45) is 0.0996. The van der Waals surface area contributed by atoms with Crippen molar-refractivity contribution in [2.24, 2.45) is 0 Å². The van der Waals surface area contributed by atoms with Crippen LogP contribution in [0.5, 0.6) is 11.5 Å². The Labute approximate surface area is 162 Å². The lowest BCUT2D eigenvalue weighted by Gasteiger charge is -2.23. The predicted molar refractivity (Wildman–Crippen MR) is 110 cm³/mol. The molecule has 4 heteroatoms. The number of ether oxygens (including phenoxy) is 2. The number of aryl methyl sites for hydroxylation is 1. The second-order valence-electron chi connectivity index (χ2n) is 7.71. The van der Waals surface area contributed by atoms with Crippen molar-refractivity contribution in [2.75, 3.05) is 13.2 Å². The van der Waals surface area contributed by atoms with E-state index in [1.165, 1.54) is 0 Å². The molecule has 1 N–H and O–H groups in total. The van der Waals surface area contributed by atoms with Crippen molar-refractivity contribution in [3.63, 3.8) is 0 Å². The third-order valence-electron chi connectivity index (χ3n) is 4.32. The van der Waals surface area contributed by atoms with E-state index >= 15 is 0 Å². The molecule has 0 aliphatic rings. The zero-order chi connectivity index (χ0) is 19.9. The third kappa shape index (κ3) is 6.31. The van der Waals surface area contributed by atoms with Gasteiger partial charge in [-0.1, -0.05) is 63.6 Å². The number of para-hydroxylation sites is 1. The van der Waals surface area contributed by atoms with Crippen molar-refractivity contribution in [1.29, 1.82) is 0 Å². The third-order valence-corrected chi connectivity index (χ3v) is 4.32. The summed E-state index contributed by atoms with van der Waals surface area (Å²) in [7, 11) is 0. The highest BCUT2D eigenvalue weighted by Gasteiger charge is 2.19. The van der Waals surface area contributed by atoms with Gasteiger partial charge in [0.1, 0.15) is 18.1 Å². The molecule has 0 aliphatic carbocycles. The summed E-state index contributed by atoms with van der Waals surface area (Å²) in [5, 5.41) is 2.90. The second kappa shape index (κ2) is 9.45. The van der Waals surface area contributed by atoms with Crippen LogP contribution in [0.2, 0.25) is 0 Å². The SMILES string of the molecule is CC[C@H](Oc1ccc(C)cc1)C(=O)NCCOc1ccccc1C(C)(C)C. The lowest BCUT2D eigenvalue weighted by Crippen LogP contribution is -2.39. The molecule has 0 saturated heterocycles. The van der Waals surface area contributed by atoms with Crippen molar-refractivity contribution in [1.82, 2.24) is 5.32 Å². The van der Waals surface area contributed by atoms with Crippen LogP contribution < -0.4 is 14.8 Å². The second-order valence-corrected chi connectivity index (χ2v) is 7.71. The van der Waals surface area contributed by atoms with Crippen LogP contribution in [0.25, 0.3) is 0 Å². The van der Waals surface area contributed by atoms with Crippen molar-refractivity contribution in [3.05, 3.63) is 59.7 Å². The van der Waals surface area contributed by atoms with Crippen molar-refractivity contribution >= 4 is 5.91 Å². The molecule has 2 aromatic rings. The fourth-order valence-electron chi connectivity index (χ4n) is 2.76. The van der Waals surface area contributed by atoms with E-state index in [1.807, 2.05) is 56.3 Å². The molecule has 2 aromatic carbocycles. The van der Waals surface area contributed by atoms with E-state index < -0.39 is 6.10 Å². The smallest absolute Gasteiger partial charge is 0.261 e. The van der Waals surface area contributed by atoms with E-state index in [9.17, 15) is 4.79 Å². The summed E-state index contributed by atoms with van der Waals surface area (Å²) in [6.45, 7) is 11.3. The van der Waals surface area contributed by atoms with E-state index in [2.05, 4.69) is 32.2 Å². The van der Waals surface area contributed by atoms with E-state index in [0.717, 1.165) is 16.9 Å². The predicted octanol–water partition coefficient (Wildman–Crippen LogP) is 4.65. The Morgan fingerprint density at radius 2 is 1.74 bits per heavy atom. The van der Waals surface area contributed by atoms with E-state index in [1.54, 1.807) is 0 Å². The zero-order valence-corrected chi connectivity index (χ0v) is 17.0. The van der Waals surface area contributed by atoms with Crippen LogP contribution >= 0.6 is 0 Å². The summed E-state index contributed by atoms with van der Waals surface area (Å²) in [5.74, 6) is 1.45. The van der Waals surface area contributed by atoms with Gasteiger partial charge in [0.15, 0.2) is 6.10 Å². The van der Waals surface area contributed by atoms with Gasteiger partial charge in [-0.2, -0.15) is 0 Å². The average Bonchev–Trinajstić information content (AvgIpc) is 2.64. The monoisotopic (exact) mass is 369 g/mol. The molecule has 0 unspecified atom stereocenters. The van der Waals surface area contributed by atoms with Gasteiger partial charge in [0.2, 0.25) is 0 Å². The summed E-state index contributed by atoms with van der Waals surface area (Å²) in [5.41, 5.74) is 2.33. The van der Waals surface area contributed by atoms with Crippen LogP contribution in [0.15, 0.2) is 48.5 Å². The number of hydrogen-bond donors (Lipinski definition) is 1. The molecule has 0 aliphatic heterocycles. The van der Waals surface area contributed by atoms with E-state index in [-0.39, 0.29) is 11.3 Å². The molecule has 1 amide bonds. The number of carbonyl (C=O) groups is 1. The van der Waals surface area contributed by atoms with Gasteiger partial charge in [-0.15, -0.1) is 0 Å². The minimum Gasteiger partial charge on any atom is -0.491 e. The van der Waals surface area contributed by atoms with Crippen LogP contribution in [0.3, 0.4) is 0 Å². The van der Waals surface area contributed by atoms with Crippen LogP contribution in [0, 0.1) is 6.92 Å². The summed E-state index contributed by atoms with van der Waals surface area (Å²) >= 11 is 0. The first-order chi connectivity index (χ1) is 12.8. The highest BCUT2D eigenvalue weighted by Crippen LogP contribution is 2.30. The number of amides is 1. The molecular formula is C23H31NO3. The molecule has 0 saturated carbocycles. The molecule has 0 aromatic heterocycles. The van der Waals surface area contributed by atoms with E-state index in [0.29, 0.717) is 25.3 Å². The molecule has 0 fully saturated rings. The standard InChI is InChI=1S/C23H31NO3/c1-6-20(27-18-13-11-17(2)12-14-18)22(25)24-15-16-26-21-10-8-7-9-19(21)23(3,4)5/h7-14,20H,6,15-16H2,1-5H3,(H,24,25)/t20-/m0/s1. The van der Waals surface area contributed by atoms with Gasteiger partial charge in [0.25, 0.3) is 5.91 Å². The number of hydrogen-bond acceptors (Lipinski definition) is 3. The first kappa shape index (κ1) is 20.8. The Morgan fingerprint density at radius 1 is 1.07 bits per heavy atom. The fourth-order valence-corrected chi connectivity index (χ4v) is 2.76. The number of benzene rings is 2. The number of carbonyl (C=O) groups excluding carboxylic acids is 1. The number of nitrogens with one attached hydrogen (secondary N) is 1. The Bertz CT molecular complexity index is 732. The van der Waals surface area contributed by atoms with Crippen LogP contribution in [-0.4, -0.2) is 25.2 Å². The molecule has 27 heavy (non-hydrogen) atoms. The van der Waals surface area contributed by atoms with Gasteiger partial charge in [-0.25, -0.2) is 0 Å². The molecule has 0 bridgehead atoms. The highest BCUT2D eigenvalue weighted by molar-refractivity contribution is 5.81. The van der Waals surface area contributed by atoms with Crippen LogP contribution in [0.4, 0.5) is 0 Å². The van der Waals surface area contributed by atoms with Gasteiger partial charge in [-0.3, -0.25) is 4.79 Å². The molecule has 0 radical (unpaired) electrons. The largest absolute Gasteiger partial charge is 0.491 e. The summed E-state index contributed by atoms with van der Waals surface area (Å²) < 4.78 is 11.7. The number of rotatable bonds is 8. The lowest BCUT2D eigenvalue weighted by molar-refractivity contribution is -0.128. The summed E-state index contributed by atoms with van der Waals surface area (Å²) in [6, 6.07) is 15.7. The summed E-state index contributed by atoms with van der Waals surface area (Å²) in [4.78, 5) is 12.4. The Kier molecular flexibility index (Phi) is 7.28. The lowest BCUT2D eigenvalue weighted by atomic mass is 9.86. The topological polar surface area (TPSA) is 47.6 Å². The normalized spacial score (nSPS) is 12.3. The maximum atomic E-state index is 12.4. The average molecular weight is 370 g/mol. The Hall–Kier alpha value is -2.49. The van der Waals surface area contributed by atoms with Crippen molar-refractivity contribution in [3.8, 4) is 11.5 Å². The molecule has 0 heterocycles. The first-order valence-electron chi connectivity index (χ1n) is 9.54. The Balaban J connectivity index is 1.84. The van der Waals surface area contributed by atoms with Gasteiger partial charge >= 0.3 is 0 Å². The van der Waals surface area contributed by atoms with Gasteiger partial charge in [0.05, 0.1) is 6.54 Å². The molecule has 0 spiro atoms. The van der Waals surface area contributed by atoms with Crippen LogP contribution in [0.1, 0.15) is 45.2 Å². The first-order valence-corrected chi connectivity index (χ1v) is 9.54. The van der Waals surface area contributed by atoms with Crippen molar-refractivity contribution < 1.29 is 14.3 Å². The maximum Gasteiger partial charge on any atom is 0.261 e. The van der Waals surface area contributed by atoms with Crippen LogP contribution in [-0.2, 0) is 10.2 Å². The van der Waals surface area contributed by atoms with Gasteiger partial charge in [0, 0.05) is 0 Å². The minimum atomic E-state index is -0.505.